The summed E-state index contributed by atoms with van der Waals surface area (Å²) in [5, 5.41) is 9.90. The molecule has 0 saturated heterocycles. The quantitative estimate of drug-likeness (QED) is 0.483. The molecule has 0 heterocycles. The Balaban J connectivity index is 1.47. The zero-order valence-corrected chi connectivity index (χ0v) is 19.3. The average molecular weight is 387 g/mol. The van der Waals surface area contributed by atoms with Crippen LogP contribution in [0.25, 0.3) is 0 Å². The zero-order chi connectivity index (χ0) is 20.1. The molecule has 0 amide bonds. The van der Waals surface area contributed by atoms with Crippen LogP contribution in [0.1, 0.15) is 92.4 Å². The Labute approximate surface area is 174 Å². The summed E-state index contributed by atoms with van der Waals surface area (Å²) < 4.78 is 0. The summed E-state index contributed by atoms with van der Waals surface area (Å²) in [4.78, 5) is 0. The van der Waals surface area contributed by atoms with Gasteiger partial charge in [-0.2, -0.15) is 0 Å². The van der Waals surface area contributed by atoms with Gasteiger partial charge in [0.05, 0.1) is 0 Å². The molecule has 4 rings (SSSR count). The van der Waals surface area contributed by atoms with Crippen LogP contribution in [-0.2, 0) is 0 Å². The minimum absolute atomic E-state index is 0.425. The van der Waals surface area contributed by atoms with Crippen molar-refractivity contribution in [2.24, 2.45) is 58.2 Å². The van der Waals surface area contributed by atoms with Gasteiger partial charge in [0.2, 0.25) is 0 Å². The number of aliphatic hydroxyl groups is 1. The van der Waals surface area contributed by atoms with Crippen molar-refractivity contribution in [2.75, 3.05) is 6.61 Å². The van der Waals surface area contributed by atoms with Crippen molar-refractivity contribution in [2.45, 2.75) is 92.4 Å². The van der Waals surface area contributed by atoms with Gasteiger partial charge >= 0.3 is 0 Å². The van der Waals surface area contributed by atoms with Crippen molar-refractivity contribution < 1.29 is 5.11 Å². The van der Waals surface area contributed by atoms with E-state index in [-0.39, 0.29) is 0 Å². The van der Waals surface area contributed by atoms with E-state index in [1.165, 1.54) is 57.8 Å². The van der Waals surface area contributed by atoms with E-state index < -0.39 is 0 Å². The second-order valence-electron chi connectivity index (χ2n) is 12.2. The van der Waals surface area contributed by atoms with Crippen LogP contribution < -0.4 is 0 Å². The Hall–Kier alpha value is -0.300. The van der Waals surface area contributed by atoms with Gasteiger partial charge in [-0.25, -0.2) is 0 Å². The second-order valence-corrected chi connectivity index (χ2v) is 12.2. The Kier molecular flexibility index (Phi) is 5.80. The van der Waals surface area contributed by atoms with Gasteiger partial charge < -0.3 is 5.11 Å². The lowest BCUT2D eigenvalue weighted by atomic mass is 9.46. The first-order chi connectivity index (χ1) is 13.3. The van der Waals surface area contributed by atoms with Crippen LogP contribution in [-0.4, -0.2) is 11.7 Å². The van der Waals surface area contributed by atoms with Crippen LogP contribution in [0.3, 0.4) is 0 Å². The molecule has 3 fully saturated rings. The summed E-state index contributed by atoms with van der Waals surface area (Å²) in [6.45, 7) is 12.9. The number of fused-ring (bicyclic) bond motifs is 5. The summed E-state index contributed by atoms with van der Waals surface area (Å²) in [6, 6.07) is 0. The monoisotopic (exact) mass is 386 g/mol. The third kappa shape index (κ3) is 3.23. The zero-order valence-electron chi connectivity index (χ0n) is 19.3. The second kappa shape index (κ2) is 7.75. The van der Waals surface area contributed by atoms with Gasteiger partial charge in [-0.05, 0) is 96.7 Å². The fourth-order valence-corrected chi connectivity index (χ4v) is 8.90. The predicted octanol–water partition coefficient (Wildman–Crippen LogP) is 7.10. The Morgan fingerprint density at radius 3 is 2.36 bits per heavy atom. The smallest absolute Gasteiger partial charge is 0.0462 e. The minimum atomic E-state index is 0.425. The molecule has 0 aromatic heterocycles. The molecule has 0 radical (unpaired) electrons. The van der Waals surface area contributed by atoms with E-state index in [0.29, 0.717) is 23.4 Å². The third-order valence-electron chi connectivity index (χ3n) is 10.4. The van der Waals surface area contributed by atoms with Crippen molar-refractivity contribution in [1.29, 1.82) is 0 Å². The molecule has 0 spiro atoms. The molecule has 9 atom stereocenters. The van der Waals surface area contributed by atoms with Gasteiger partial charge in [0, 0.05) is 6.61 Å². The highest BCUT2D eigenvalue weighted by Gasteiger charge is 2.60. The van der Waals surface area contributed by atoms with Crippen molar-refractivity contribution in [3.05, 3.63) is 12.2 Å². The maximum atomic E-state index is 9.90. The molecular weight excluding hydrogens is 340 g/mol. The topological polar surface area (TPSA) is 20.2 Å². The molecule has 1 N–H and O–H groups in total. The van der Waals surface area contributed by atoms with Crippen LogP contribution >= 0.6 is 0 Å². The van der Waals surface area contributed by atoms with E-state index in [9.17, 15) is 5.11 Å². The summed E-state index contributed by atoms with van der Waals surface area (Å²) >= 11 is 0. The standard InChI is InChI=1S/C27H46O/c1-18(2)7-6-8-19(3)22-11-12-24-21-9-10-23-20(17-28)13-15-27(23,5)25(21)14-16-26(22,24)4/h11-12,18-25,28H,6-10,13-17H2,1-5H3/t19?,20-,21+,22-,23+,24+,25+,26-,27+/m1/s1. The lowest BCUT2D eigenvalue weighted by Crippen LogP contribution is -2.51. The molecule has 160 valence electrons. The van der Waals surface area contributed by atoms with Crippen molar-refractivity contribution in [3.8, 4) is 0 Å². The number of hydrogen-bond donors (Lipinski definition) is 1. The van der Waals surface area contributed by atoms with E-state index in [1.807, 2.05) is 0 Å². The fraction of sp³-hybridized carbons (Fsp3) is 0.926. The fourth-order valence-electron chi connectivity index (χ4n) is 8.90. The molecule has 3 saturated carbocycles. The van der Waals surface area contributed by atoms with Crippen molar-refractivity contribution in [1.82, 2.24) is 0 Å². The number of rotatable bonds is 6. The number of aliphatic hydroxyl groups excluding tert-OH is 1. The molecule has 28 heavy (non-hydrogen) atoms. The van der Waals surface area contributed by atoms with Crippen LogP contribution in [0.2, 0.25) is 0 Å². The van der Waals surface area contributed by atoms with Gasteiger partial charge in [-0.15, -0.1) is 0 Å². The molecular formula is C27H46O. The summed E-state index contributed by atoms with van der Waals surface area (Å²) in [7, 11) is 0. The molecule has 0 aromatic rings. The van der Waals surface area contributed by atoms with Gasteiger partial charge in [0.1, 0.15) is 0 Å². The largest absolute Gasteiger partial charge is 0.396 e. The molecule has 1 nitrogen and oxygen atoms in total. The van der Waals surface area contributed by atoms with Gasteiger partial charge in [0.25, 0.3) is 0 Å². The Bertz CT molecular complexity index is 579. The summed E-state index contributed by atoms with van der Waals surface area (Å²) in [5.74, 6) is 6.47. The average Bonchev–Trinajstić information content (AvgIpc) is 3.17. The van der Waals surface area contributed by atoms with Gasteiger partial charge in [-0.1, -0.05) is 66.0 Å². The third-order valence-corrected chi connectivity index (χ3v) is 10.4. The number of hydrogen-bond acceptors (Lipinski definition) is 1. The highest BCUT2D eigenvalue weighted by molar-refractivity contribution is 5.20. The van der Waals surface area contributed by atoms with Crippen LogP contribution in [0, 0.1) is 58.2 Å². The lowest BCUT2D eigenvalue weighted by Gasteiger charge is -2.58. The molecule has 0 bridgehead atoms. The maximum absolute atomic E-state index is 9.90. The minimum Gasteiger partial charge on any atom is -0.396 e. The van der Waals surface area contributed by atoms with E-state index in [0.717, 1.165) is 41.4 Å². The SMILES string of the molecule is CC(C)CCCC(C)[C@H]1C=C[C@H]2[C@@H]3CC[C@H]4[C@@H](CO)CC[C@]4(C)[C@H]3CC[C@]12C. The van der Waals surface area contributed by atoms with Crippen LogP contribution in [0.15, 0.2) is 12.2 Å². The summed E-state index contributed by atoms with van der Waals surface area (Å²) in [6.07, 6.45) is 17.8. The molecule has 0 aliphatic heterocycles. The Morgan fingerprint density at radius 1 is 0.893 bits per heavy atom. The molecule has 4 aliphatic rings. The molecule has 1 unspecified atom stereocenters. The van der Waals surface area contributed by atoms with E-state index in [2.05, 4.69) is 46.8 Å². The first-order valence-corrected chi connectivity index (χ1v) is 12.6. The highest BCUT2D eigenvalue weighted by Crippen LogP contribution is 2.68. The van der Waals surface area contributed by atoms with Crippen LogP contribution in [0.4, 0.5) is 0 Å². The maximum Gasteiger partial charge on any atom is 0.0462 e. The summed E-state index contributed by atoms with van der Waals surface area (Å²) in [5.41, 5.74) is 1.02. The van der Waals surface area contributed by atoms with E-state index in [4.69, 9.17) is 0 Å². The van der Waals surface area contributed by atoms with Crippen molar-refractivity contribution in [3.63, 3.8) is 0 Å². The van der Waals surface area contributed by atoms with E-state index >= 15 is 0 Å². The first-order valence-electron chi connectivity index (χ1n) is 12.6. The normalized spacial score (nSPS) is 48.4. The van der Waals surface area contributed by atoms with E-state index in [1.54, 1.807) is 0 Å². The van der Waals surface area contributed by atoms with Crippen LogP contribution in [0.5, 0.6) is 0 Å². The first kappa shape index (κ1) is 21.0. The molecule has 1 heteroatoms. The van der Waals surface area contributed by atoms with Crippen molar-refractivity contribution >= 4 is 0 Å². The molecule has 4 aliphatic carbocycles. The Morgan fingerprint density at radius 2 is 1.64 bits per heavy atom. The van der Waals surface area contributed by atoms with Gasteiger partial charge in [0.15, 0.2) is 0 Å². The van der Waals surface area contributed by atoms with Gasteiger partial charge in [-0.3, -0.25) is 0 Å². The predicted molar refractivity (Wildman–Crippen MR) is 119 cm³/mol. The molecule has 0 aromatic carbocycles. The number of allylic oxidation sites excluding steroid dienone is 2. The highest BCUT2D eigenvalue weighted by atomic mass is 16.3. The lowest BCUT2D eigenvalue weighted by molar-refractivity contribution is -0.0900.